The van der Waals surface area contributed by atoms with Gasteiger partial charge in [-0.15, -0.1) is 11.3 Å². The van der Waals surface area contributed by atoms with E-state index in [-0.39, 0.29) is 11.3 Å². The summed E-state index contributed by atoms with van der Waals surface area (Å²) < 4.78 is 0. The predicted molar refractivity (Wildman–Crippen MR) is 113 cm³/mol. The monoisotopic (exact) mass is 410 g/mol. The number of amides is 1. The zero-order valence-electron chi connectivity index (χ0n) is 16.2. The highest BCUT2D eigenvalue weighted by molar-refractivity contribution is 7.16. The third kappa shape index (κ3) is 3.70. The number of nitro benzene ring substituents is 1. The van der Waals surface area contributed by atoms with Crippen molar-refractivity contribution in [1.29, 1.82) is 5.26 Å². The van der Waals surface area contributed by atoms with Crippen molar-refractivity contribution in [3.05, 3.63) is 49.9 Å². The molecule has 4 rings (SSSR count). The summed E-state index contributed by atoms with van der Waals surface area (Å²) in [7, 11) is 0. The number of hydrogen-bond acceptors (Lipinski definition) is 6. The fraction of sp³-hybridized carbons (Fsp3) is 0.429. The Morgan fingerprint density at radius 1 is 1.34 bits per heavy atom. The van der Waals surface area contributed by atoms with Gasteiger partial charge in [-0.05, 0) is 55.7 Å². The summed E-state index contributed by atoms with van der Waals surface area (Å²) in [6.45, 7) is 3.74. The number of hydrogen-bond donors (Lipinski definition) is 1. The van der Waals surface area contributed by atoms with Crippen molar-refractivity contribution in [2.45, 2.75) is 39.0 Å². The highest BCUT2D eigenvalue weighted by atomic mass is 32.1. The minimum absolute atomic E-state index is 0.0543. The Bertz CT molecular complexity index is 1020. The number of nitriles is 1. The van der Waals surface area contributed by atoms with Crippen LogP contribution in [-0.4, -0.2) is 23.9 Å². The van der Waals surface area contributed by atoms with E-state index >= 15 is 0 Å². The van der Waals surface area contributed by atoms with Gasteiger partial charge in [-0.25, -0.2) is 0 Å². The second-order valence-electron chi connectivity index (χ2n) is 7.76. The SMILES string of the molecule is CC1CCN(c2ccc(C(=O)Nc3sc4c(c3C#N)CCC4)cc2[N+](=O)[O-])CC1. The summed E-state index contributed by atoms with van der Waals surface area (Å²) >= 11 is 1.44. The minimum Gasteiger partial charge on any atom is -0.366 e. The lowest BCUT2D eigenvalue weighted by Gasteiger charge is -2.31. The maximum absolute atomic E-state index is 12.8. The van der Waals surface area contributed by atoms with Crippen LogP contribution >= 0.6 is 11.3 Å². The molecule has 1 aromatic heterocycles. The van der Waals surface area contributed by atoms with Gasteiger partial charge in [0.05, 0.1) is 10.5 Å². The standard InChI is InChI=1S/C21H22N4O3S/c1-13-7-9-24(10-8-13)17-6-5-14(11-18(17)25(27)28)20(26)23-21-16(12-22)15-3-2-4-19(15)29-21/h5-6,11,13H,2-4,7-10H2,1H3,(H,23,26). The quantitative estimate of drug-likeness (QED) is 0.591. The number of carbonyl (C=O) groups is 1. The number of nitrogens with zero attached hydrogens (tertiary/aromatic N) is 3. The third-order valence-electron chi connectivity index (χ3n) is 5.82. The molecule has 0 spiro atoms. The second kappa shape index (κ2) is 7.84. The summed E-state index contributed by atoms with van der Waals surface area (Å²) in [5.74, 6) is 0.195. The van der Waals surface area contributed by atoms with Crippen molar-refractivity contribution in [3.63, 3.8) is 0 Å². The van der Waals surface area contributed by atoms with Crippen LogP contribution < -0.4 is 10.2 Å². The van der Waals surface area contributed by atoms with Crippen LogP contribution in [0.1, 0.15) is 52.5 Å². The first-order valence-corrected chi connectivity index (χ1v) is 10.7. The average Bonchev–Trinajstić information content (AvgIpc) is 3.28. The lowest BCUT2D eigenvalue weighted by Crippen LogP contribution is -2.33. The topological polar surface area (TPSA) is 99.3 Å². The highest BCUT2D eigenvalue weighted by Gasteiger charge is 2.26. The smallest absolute Gasteiger partial charge is 0.293 e. The third-order valence-corrected chi connectivity index (χ3v) is 7.03. The first-order valence-electron chi connectivity index (χ1n) is 9.87. The van der Waals surface area contributed by atoms with Gasteiger partial charge in [0.1, 0.15) is 16.8 Å². The normalized spacial score (nSPS) is 16.3. The molecule has 1 aliphatic heterocycles. The number of anilines is 2. The van der Waals surface area contributed by atoms with Crippen LogP contribution in [0.3, 0.4) is 0 Å². The molecule has 2 heterocycles. The molecule has 2 aliphatic rings. The zero-order chi connectivity index (χ0) is 20.5. The summed E-state index contributed by atoms with van der Waals surface area (Å²) in [6.07, 6.45) is 4.82. The lowest BCUT2D eigenvalue weighted by atomic mass is 9.98. The summed E-state index contributed by atoms with van der Waals surface area (Å²) in [6, 6.07) is 6.84. The number of nitro groups is 1. The van der Waals surface area contributed by atoms with Gasteiger partial charge in [0.15, 0.2) is 0 Å². The van der Waals surface area contributed by atoms with Crippen molar-refractivity contribution >= 4 is 33.6 Å². The molecule has 8 heteroatoms. The molecular weight excluding hydrogens is 388 g/mol. The van der Waals surface area contributed by atoms with Crippen LogP contribution in [0.25, 0.3) is 0 Å². The molecule has 1 N–H and O–H groups in total. The van der Waals surface area contributed by atoms with E-state index in [1.807, 2.05) is 4.90 Å². The Morgan fingerprint density at radius 3 is 2.79 bits per heavy atom. The molecule has 1 aliphatic carbocycles. The molecule has 2 aromatic rings. The summed E-state index contributed by atoms with van der Waals surface area (Å²) in [5, 5.41) is 24.5. The van der Waals surface area contributed by atoms with Crippen molar-refractivity contribution in [2.24, 2.45) is 5.92 Å². The van der Waals surface area contributed by atoms with Crippen LogP contribution in [0.2, 0.25) is 0 Å². The molecule has 0 atom stereocenters. The molecule has 150 valence electrons. The van der Waals surface area contributed by atoms with Crippen molar-refractivity contribution < 1.29 is 9.72 Å². The lowest BCUT2D eigenvalue weighted by molar-refractivity contribution is -0.384. The predicted octanol–water partition coefficient (Wildman–Crippen LogP) is 4.51. The molecule has 0 saturated carbocycles. The Balaban J connectivity index is 1.59. The fourth-order valence-electron chi connectivity index (χ4n) is 4.11. The van der Waals surface area contributed by atoms with Crippen LogP contribution in [0.5, 0.6) is 0 Å². The van der Waals surface area contributed by atoms with E-state index < -0.39 is 10.8 Å². The average molecular weight is 410 g/mol. The van der Waals surface area contributed by atoms with Gasteiger partial charge >= 0.3 is 0 Å². The van der Waals surface area contributed by atoms with Crippen LogP contribution in [0, 0.1) is 27.4 Å². The molecule has 1 amide bonds. The van der Waals surface area contributed by atoms with Gasteiger partial charge in [-0.2, -0.15) is 5.26 Å². The molecule has 0 bridgehead atoms. The van der Waals surface area contributed by atoms with Crippen LogP contribution in [0.4, 0.5) is 16.4 Å². The van der Waals surface area contributed by atoms with Gasteiger partial charge < -0.3 is 10.2 Å². The zero-order valence-corrected chi connectivity index (χ0v) is 17.1. The molecule has 0 radical (unpaired) electrons. The number of piperidine rings is 1. The summed E-state index contributed by atoms with van der Waals surface area (Å²) in [5.41, 5.74) is 2.30. The number of carbonyl (C=O) groups excluding carboxylic acids is 1. The van der Waals surface area contributed by atoms with E-state index in [1.54, 1.807) is 12.1 Å². The van der Waals surface area contributed by atoms with E-state index in [1.165, 1.54) is 17.4 Å². The van der Waals surface area contributed by atoms with E-state index in [2.05, 4.69) is 18.3 Å². The second-order valence-corrected chi connectivity index (χ2v) is 8.86. The minimum atomic E-state index is -0.427. The summed E-state index contributed by atoms with van der Waals surface area (Å²) in [4.78, 5) is 27.2. The van der Waals surface area contributed by atoms with E-state index in [0.29, 0.717) is 22.2 Å². The van der Waals surface area contributed by atoms with Crippen LogP contribution in [-0.2, 0) is 12.8 Å². The molecule has 1 aromatic carbocycles. The van der Waals surface area contributed by atoms with Crippen molar-refractivity contribution in [1.82, 2.24) is 0 Å². The Kier molecular flexibility index (Phi) is 5.24. The van der Waals surface area contributed by atoms with Gasteiger partial charge in [0.2, 0.25) is 0 Å². The van der Waals surface area contributed by atoms with Gasteiger partial charge in [0.25, 0.3) is 11.6 Å². The molecule has 1 saturated heterocycles. The van der Waals surface area contributed by atoms with Gasteiger partial charge in [-0.1, -0.05) is 6.92 Å². The van der Waals surface area contributed by atoms with E-state index in [4.69, 9.17) is 0 Å². The molecule has 7 nitrogen and oxygen atoms in total. The first kappa shape index (κ1) is 19.4. The number of fused-ring (bicyclic) bond motifs is 1. The highest BCUT2D eigenvalue weighted by Crippen LogP contribution is 2.39. The first-order chi connectivity index (χ1) is 14.0. The van der Waals surface area contributed by atoms with Gasteiger partial charge in [0, 0.05) is 29.6 Å². The van der Waals surface area contributed by atoms with Gasteiger partial charge in [-0.3, -0.25) is 14.9 Å². The largest absolute Gasteiger partial charge is 0.366 e. The number of nitrogens with one attached hydrogen (secondary N) is 1. The van der Waals surface area contributed by atoms with Crippen LogP contribution in [0.15, 0.2) is 18.2 Å². The maximum atomic E-state index is 12.8. The molecule has 29 heavy (non-hydrogen) atoms. The molecule has 1 fully saturated rings. The van der Waals surface area contributed by atoms with Crippen molar-refractivity contribution in [3.8, 4) is 6.07 Å². The number of thiophene rings is 1. The van der Waals surface area contributed by atoms with Crippen molar-refractivity contribution in [2.75, 3.05) is 23.3 Å². The molecular formula is C21H22N4O3S. The van der Waals surface area contributed by atoms with E-state index in [9.17, 15) is 20.2 Å². The Morgan fingerprint density at radius 2 is 2.10 bits per heavy atom. The number of aryl methyl sites for hydroxylation is 1. The van der Waals surface area contributed by atoms with E-state index in [0.717, 1.165) is 55.6 Å². The maximum Gasteiger partial charge on any atom is 0.293 e. The number of benzene rings is 1. The fourth-order valence-corrected chi connectivity index (χ4v) is 5.35. The molecule has 0 unspecified atom stereocenters. The Hall–Kier alpha value is -2.92. The Labute approximate surface area is 173 Å². The number of rotatable bonds is 4.